The largest absolute Gasteiger partial charge is 0.361 e. The van der Waals surface area contributed by atoms with Gasteiger partial charge >= 0.3 is 0 Å². The van der Waals surface area contributed by atoms with Gasteiger partial charge in [0.05, 0.1) is 11.9 Å². The van der Waals surface area contributed by atoms with E-state index in [0.717, 1.165) is 17.0 Å². The number of amides is 1. The quantitative estimate of drug-likeness (QED) is 0.911. The monoisotopic (exact) mass is 260 g/mol. The average Bonchev–Trinajstić information content (AvgIpc) is 2.70. The van der Waals surface area contributed by atoms with Crippen molar-refractivity contribution in [1.29, 1.82) is 0 Å². The van der Waals surface area contributed by atoms with E-state index in [9.17, 15) is 4.79 Å². The van der Waals surface area contributed by atoms with Crippen LogP contribution in [0.25, 0.3) is 0 Å². The Morgan fingerprint density at radius 2 is 2.21 bits per heavy atom. The van der Waals surface area contributed by atoms with Gasteiger partial charge in [0.2, 0.25) is 5.91 Å². The number of hydrogen-bond donors (Lipinski definition) is 1. The van der Waals surface area contributed by atoms with E-state index in [1.807, 2.05) is 20.8 Å². The highest BCUT2D eigenvalue weighted by Gasteiger charge is 2.19. The van der Waals surface area contributed by atoms with Crippen LogP contribution in [0.3, 0.4) is 0 Å². The molecule has 6 nitrogen and oxygen atoms in total. The fourth-order valence-electron chi connectivity index (χ4n) is 2.13. The molecule has 2 aromatic heterocycles. The van der Waals surface area contributed by atoms with Gasteiger partial charge in [0.15, 0.2) is 5.82 Å². The second-order valence-corrected chi connectivity index (χ2v) is 4.48. The molecule has 0 aliphatic heterocycles. The molecule has 2 heterocycles. The van der Waals surface area contributed by atoms with Crippen LogP contribution in [0.2, 0.25) is 0 Å². The van der Waals surface area contributed by atoms with E-state index in [4.69, 9.17) is 4.52 Å². The van der Waals surface area contributed by atoms with E-state index in [-0.39, 0.29) is 11.8 Å². The molecule has 19 heavy (non-hydrogen) atoms. The molecule has 0 bridgehead atoms. The van der Waals surface area contributed by atoms with Crippen LogP contribution in [0, 0.1) is 13.8 Å². The highest BCUT2D eigenvalue weighted by atomic mass is 16.5. The first kappa shape index (κ1) is 13.2. The molecule has 6 heteroatoms. The van der Waals surface area contributed by atoms with Crippen molar-refractivity contribution in [1.82, 2.24) is 15.1 Å². The van der Waals surface area contributed by atoms with Gasteiger partial charge in [-0.25, -0.2) is 4.98 Å². The summed E-state index contributed by atoms with van der Waals surface area (Å²) >= 11 is 0. The van der Waals surface area contributed by atoms with E-state index in [1.165, 1.54) is 12.4 Å². The molecule has 1 amide bonds. The molecule has 1 N–H and O–H groups in total. The lowest BCUT2D eigenvalue weighted by atomic mass is 9.96. The van der Waals surface area contributed by atoms with Gasteiger partial charge in [-0.2, -0.15) is 0 Å². The molecule has 0 fully saturated rings. The summed E-state index contributed by atoms with van der Waals surface area (Å²) in [5, 5.41) is 6.61. The Kier molecular flexibility index (Phi) is 3.89. The molecule has 0 radical (unpaired) electrons. The fraction of sp³-hybridized carbons (Fsp3) is 0.385. The summed E-state index contributed by atoms with van der Waals surface area (Å²) in [4.78, 5) is 19.8. The third-order valence-corrected chi connectivity index (χ3v) is 2.90. The zero-order chi connectivity index (χ0) is 13.8. The van der Waals surface area contributed by atoms with Crippen LogP contribution < -0.4 is 5.32 Å². The van der Waals surface area contributed by atoms with Crippen molar-refractivity contribution in [3.8, 4) is 0 Å². The van der Waals surface area contributed by atoms with Gasteiger partial charge in [-0.15, -0.1) is 0 Å². The number of nitrogens with zero attached hydrogens (tertiary/aromatic N) is 3. The zero-order valence-electron chi connectivity index (χ0n) is 11.2. The number of hydrogen-bond acceptors (Lipinski definition) is 5. The Hall–Kier alpha value is -2.24. The fourth-order valence-corrected chi connectivity index (χ4v) is 2.13. The maximum Gasteiger partial charge on any atom is 0.226 e. The minimum absolute atomic E-state index is 0.0444. The molecule has 1 atom stereocenters. The summed E-state index contributed by atoms with van der Waals surface area (Å²) in [5.74, 6) is 1.16. The highest BCUT2D eigenvalue weighted by Crippen LogP contribution is 2.25. The van der Waals surface area contributed by atoms with E-state index in [0.29, 0.717) is 12.2 Å². The smallest absolute Gasteiger partial charge is 0.226 e. The van der Waals surface area contributed by atoms with Gasteiger partial charge in [0.25, 0.3) is 0 Å². The summed E-state index contributed by atoms with van der Waals surface area (Å²) in [5.41, 5.74) is 1.83. The van der Waals surface area contributed by atoms with E-state index in [1.54, 1.807) is 6.20 Å². The molecule has 2 aromatic rings. The van der Waals surface area contributed by atoms with Crippen molar-refractivity contribution >= 4 is 11.7 Å². The number of carbonyl (C=O) groups excluding carboxylic acids is 1. The second-order valence-electron chi connectivity index (χ2n) is 4.48. The molecule has 2 rings (SSSR count). The first-order valence-corrected chi connectivity index (χ1v) is 6.06. The van der Waals surface area contributed by atoms with Gasteiger partial charge in [0.1, 0.15) is 5.76 Å². The zero-order valence-corrected chi connectivity index (χ0v) is 11.2. The minimum atomic E-state index is -0.104. The van der Waals surface area contributed by atoms with Crippen molar-refractivity contribution in [2.24, 2.45) is 0 Å². The lowest BCUT2D eigenvalue weighted by Gasteiger charge is -2.10. The molecular formula is C13H16N4O2. The number of carbonyl (C=O) groups is 1. The van der Waals surface area contributed by atoms with E-state index in [2.05, 4.69) is 20.4 Å². The van der Waals surface area contributed by atoms with Crippen molar-refractivity contribution in [2.75, 3.05) is 5.32 Å². The van der Waals surface area contributed by atoms with Gasteiger partial charge < -0.3 is 9.84 Å². The van der Waals surface area contributed by atoms with Crippen molar-refractivity contribution < 1.29 is 9.32 Å². The third-order valence-electron chi connectivity index (χ3n) is 2.90. The van der Waals surface area contributed by atoms with Crippen LogP contribution in [0.1, 0.15) is 36.3 Å². The summed E-state index contributed by atoms with van der Waals surface area (Å²) < 4.78 is 5.11. The number of anilines is 1. The highest BCUT2D eigenvalue weighted by molar-refractivity contribution is 5.90. The van der Waals surface area contributed by atoms with Gasteiger partial charge in [0, 0.05) is 24.4 Å². The summed E-state index contributed by atoms with van der Waals surface area (Å²) in [6, 6.07) is 0. The standard InChI is InChI=1S/C13H16N4O2/c1-8(13-9(2)17-19-10(13)3)6-12(18)16-11-7-14-4-5-15-11/h4-5,7-8H,6H2,1-3H3,(H,15,16,18)/t8-/m1/s1. The van der Waals surface area contributed by atoms with E-state index < -0.39 is 0 Å². The number of aryl methyl sites for hydroxylation is 2. The molecule has 100 valence electrons. The third kappa shape index (κ3) is 3.15. The Morgan fingerprint density at radius 3 is 2.79 bits per heavy atom. The predicted molar refractivity (Wildman–Crippen MR) is 69.7 cm³/mol. The second kappa shape index (κ2) is 5.60. The van der Waals surface area contributed by atoms with Crippen LogP contribution in [0.15, 0.2) is 23.1 Å². The predicted octanol–water partition coefficient (Wildman–Crippen LogP) is 2.21. The Morgan fingerprint density at radius 1 is 1.42 bits per heavy atom. The Bertz CT molecular complexity index is 546. The van der Waals surface area contributed by atoms with Crippen LogP contribution >= 0.6 is 0 Å². The lowest BCUT2D eigenvalue weighted by molar-refractivity contribution is -0.116. The summed E-state index contributed by atoms with van der Waals surface area (Å²) in [6.45, 7) is 5.71. The van der Waals surface area contributed by atoms with Crippen LogP contribution in [0.5, 0.6) is 0 Å². The van der Waals surface area contributed by atoms with Crippen LogP contribution in [-0.2, 0) is 4.79 Å². The molecule has 0 saturated carbocycles. The maximum atomic E-state index is 11.9. The van der Waals surface area contributed by atoms with Gasteiger partial charge in [-0.05, 0) is 19.8 Å². The Labute approximate surface area is 111 Å². The summed E-state index contributed by atoms with van der Waals surface area (Å²) in [6.07, 6.45) is 4.95. The first-order valence-electron chi connectivity index (χ1n) is 6.06. The molecule has 0 saturated heterocycles. The average molecular weight is 260 g/mol. The normalized spacial score (nSPS) is 12.2. The Balaban J connectivity index is 2.00. The molecule has 0 aliphatic rings. The van der Waals surface area contributed by atoms with Crippen LogP contribution in [0.4, 0.5) is 5.82 Å². The van der Waals surface area contributed by atoms with Crippen molar-refractivity contribution in [2.45, 2.75) is 33.1 Å². The number of aromatic nitrogens is 3. The van der Waals surface area contributed by atoms with E-state index >= 15 is 0 Å². The number of rotatable bonds is 4. The lowest BCUT2D eigenvalue weighted by Crippen LogP contribution is -2.15. The SMILES string of the molecule is Cc1noc(C)c1[C@H](C)CC(=O)Nc1cnccn1. The van der Waals surface area contributed by atoms with Crippen LogP contribution in [-0.4, -0.2) is 21.0 Å². The molecule has 0 spiro atoms. The van der Waals surface area contributed by atoms with Crippen molar-refractivity contribution in [3.63, 3.8) is 0 Å². The maximum absolute atomic E-state index is 11.9. The minimum Gasteiger partial charge on any atom is -0.361 e. The number of nitrogens with one attached hydrogen (secondary N) is 1. The molecular weight excluding hydrogens is 244 g/mol. The molecule has 0 aromatic carbocycles. The first-order chi connectivity index (χ1) is 9.08. The van der Waals surface area contributed by atoms with Gasteiger partial charge in [-0.1, -0.05) is 12.1 Å². The summed E-state index contributed by atoms with van der Waals surface area (Å²) in [7, 11) is 0. The van der Waals surface area contributed by atoms with Gasteiger partial charge in [-0.3, -0.25) is 9.78 Å². The topological polar surface area (TPSA) is 80.9 Å². The molecule has 0 unspecified atom stereocenters. The van der Waals surface area contributed by atoms with Crippen molar-refractivity contribution in [3.05, 3.63) is 35.6 Å². The molecule has 0 aliphatic carbocycles.